The smallest absolute Gasteiger partial charge is 0.242 e. The fourth-order valence-corrected chi connectivity index (χ4v) is 4.39. The summed E-state index contributed by atoms with van der Waals surface area (Å²) in [5, 5.41) is 0. The highest BCUT2D eigenvalue weighted by molar-refractivity contribution is 6.71. The highest BCUT2D eigenvalue weighted by atomic mass is 19.3. The van der Waals surface area contributed by atoms with E-state index in [1.54, 1.807) is 0 Å². The summed E-state index contributed by atoms with van der Waals surface area (Å²) in [6, 6.07) is 0. The molecule has 0 amide bonds. The van der Waals surface area contributed by atoms with Gasteiger partial charge in [-0.2, -0.15) is 52.7 Å². The summed E-state index contributed by atoms with van der Waals surface area (Å²) in [5.74, 6) is -40.9. The standard InChI is InChI=1S/C18H9BF18/c20-7-1-4-10(23,16(32,33)13(7,26)27)19(11(24)5-2-8(21)14(28,29)17(11,34)35)12(25)6-3-9(22)15(30,31)18(12,36)37/h1-9H. The Bertz CT molecular complexity index is 905. The second kappa shape index (κ2) is 7.57. The van der Waals surface area contributed by atoms with Gasteiger partial charge < -0.3 is 0 Å². The SMILES string of the molecule is FC1C=CC(F)(B(C2(F)C=CC(F)C(F)(F)C2(F)F)C2(F)C=CC(F)C(F)(F)C2(F)F)C(F)(F)C1(F)F. The van der Waals surface area contributed by atoms with Gasteiger partial charge >= 0.3 is 42.2 Å². The Morgan fingerprint density at radius 2 is 0.568 bits per heavy atom. The Labute approximate surface area is 194 Å². The molecule has 0 saturated heterocycles. The van der Waals surface area contributed by atoms with Gasteiger partial charge in [-0.25, -0.2) is 26.3 Å². The van der Waals surface area contributed by atoms with E-state index in [0.717, 1.165) is 0 Å². The maximum absolute atomic E-state index is 15.8. The fraction of sp³-hybridized carbons (Fsp3) is 0.667. The third-order valence-electron chi connectivity index (χ3n) is 6.52. The normalized spacial score (nSPS) is 44.4. The topological polar surface area (TPSA) is 0 Å². The molecule has 19 heteroatoms. The lowest BCUT2D eigenvalue weighted by Crippen LogP contribution is -2.85. The van der Waals surface area contributed by atoms with Gasteiger partial charge in [-0.05, 0) is 18.2 Å². The van der Waals surface area contributed by atoms with Crippen molar-refractivity contribution in [3.63, 3.8) is 0 Å². The third-order valence-corrected chi connectivity index (χ3v) is 6.52. The van der Waals surface area contributed by atoms with Crippen LogP contribution in [-0.2, 0) is 0 Å². The van der Waals surface area contributed by atoms with Crippen molar-refractivity contribution in [1.29, 1.82) is 0 Å². The number of rotatable bonds is 3. The maximum Gasteiger partial charge on any atom is 0.346 e. The van der Waals surface area contributed by atoms with Crippen LogP contribution in [0.4, 0.5) is 79.0 Å². The molecule has 0 bridgehead atoms. The van der Waals surface area contributed by atoms with Crippen molar-refractivity contribution in [2.45, 2.75) is 70.8 Å². The largest absolute Gasteiger partial charge is 0.346 e. The monoisotopic (exact) mass is 578 g/mol. The molecule has 210 valence electrons. The Hall–Kier alpha value is -1.98. The minimum absolute atomic E-state index is 1.04. The zero-order valence-corrected chi connectivity index (χ0v) is 17.1. The molecule has 3 aliphatic carbocycles. The average Bonchev–Trinajstić information content (AvgIpc) is 2.75. The van der Waals surface area contributed by atoms with E-state index >= 15 is 13.2 Å². The van der Waals surface area contributed by atoms with Crippen LogP contribution >= 0.6 is 0 Å². The summed E-state index contributed by atoms with van der Waals surface area (Å²) in [7, 11) is 0. The number of halogens is 18. The van der Waals surface area contributed by atoms with Gasteiger partial charge in [-0.15, -0.1) is 0 Å². The van der Waals surface area contributed by atoms with Crippen LogP contribution in [0.15, 0.2) is 36.5 Å². The number of allylic oxidation sites excluding steroid dienone is 6. The molecule has 6 unspecified atom stereocenters. The molecule has 0 heterocycles. The van der Waals surface area contributed by atoms with Crippen LogP contribution in [-0.4, -0.2) is 77.5 Å². The molecule has 0 spiro atoms. The Morgan fingerprint density at radius 1 is 0.378 bits per heavy atom. The second-order valence-corrected chi connectivity index (χ2v) is 8.61. The van der Waals surface area contributed by atoms with Gasteiger partial charge in [0.1, 0.15) is 0 Å². The van der Waals surface area contributed by atoms with E-state index in [1.165, 1.54) is 0 Å². The van der Waals surface area contributed by atoms with Crippen molar-refractivity contribution in [3.05, 3.63) is 36.5 Å². The lowest BCUT2D eigenvalue weighted by molar-refractivity contribution is -0.289. The van der Waals surface area contributed by atoms with Gasteiger partial charge in [0, 0.05) is 0 Å². The van der Waals surface area contributed by atoms with Gasteiger partial charge in [0.05, 0.1) is 0 Å². The Balaban J connectivity index is 2.53. The van der Waals surface area contributed by atoms with E-state index in [9.17, 15) is 65.9 Å². The molecular formula is C18H9BF18. The van der Waals surface area contributed by atoms with Crippen LogP contribution < -0.4 is 0 Å². The molecule has 0 aliphatic heterocycles. The first-order valence-corrected chi connectivity index (χ1v) is 9.59. The summed E-state index contributed by atoms with van der Waals surface area (Å²) in [6.07, 6.45) is -20.3. The molecule has 0 radical (unpaired) electrons. The van der Waals surface area contributed by atoms with Gasteiger partial charge in [-0.3, -0.25) is 0 Å². The minimum Gasteiger partial charge on any atom is -0.242 e. The zero-order chi connectivity index (χ0) is 29.1. The Morgan fingerprint density at radius 3 is 0.757 bits per heavy atom. The molecule has 0 N–H and O–H groups in total. The van der Waals surface area contributed by atoms with Crippen molar-refractivity contribution < 1.29 is 79.0 Å². The van der Waals surface area contributed by atoms with E-state index in [-0.39, 0.29) is 0 Å². The summed E-state index contributed by atoms with van der Waals surface area (Å²) in [4.78, 5) is 0. The molecule has 0 aromatic rings. The summed E-state index contributed by atoms with van der Waals surface area (Å²) < 4.78 is 259. The van der Waals surface area contributed by atoms with E-state index in [1.807, 2.05) is 0 Å². The van der Waals surface area contributed by atoms with Crippen molar-refractivity contribution >= 4 is 6.71 Å². The average molecular weight is 578 g/mol. The van der Waals surface area contributed by atoms with Crippen LogP contribution in [0.2, 0.25) is 0 Å². The molecule has 3 rings (SSSR count). The van der Waals surface area contributed by atoms with Gasteiger partial charge in [0.15, 0.2) is 35.2 Å². The first kappa shape index (κ1) is 29.6. The second-order valence-electron chi connectivity index (χ2n) is 8.61. The maximum atomic E-state index is 15.8. The lowest BCUT2D eigenvalue weighted by Gasteiger charge is -2.54. The lowest BCUT2D eigenvalue weighted by atomic mass is 9.19. The summed E-state index contributed by atoms with van der Waals surface area (Å²) in [6.45, 7) is -5.79. The molecule has 37 heavy (non-hydrogen) atoms. The quantitative estimate of drug-likeness (QED) is 0.198. The van der Waals surface area contributed by atoms with E-state index in [4.69, 9.17) is 0 Å². The van der Waals surface area contributed by atoms with Crippen molar-refractivity contribution in [2.24, 2.45) is 0 Å². The zero-order valence-electron chi connectivity index (χ0n) is 17.1. The molecule has 0 nitrogen and oxygen atoms in total. The van der Waals surface area contributed by atoms with E-state index in [2.05, 4.69) is 0 Å². The molecule has 0 fully saturated rings. The predicted octanol–water partition coefficient (Wildman–Crippen LogP) is 6.76. The highest BCUT2D eigenvalue weighted by Gasteiger charge is 2.92. The number of hydrogen-bond donors (Lipinski definition) is 0. The number of alkyl halides is 18. The van der Waals surface area contributed by atoms with Crippen LogP contribution in [0.1, 0.15) is 0 Å². The molecule has 0 aromatic heterocycles. The van der Waals surface area contributed by atoms with Crippen molar-refractivity contribution in [3.8, 4) is 0 Å². The molecule has 0 saturated carbocycles. The molecule has 6 atom stereocenters. The van der Waals surface area contributed by atoms with E-state index < -0.39 is 114 Å². The predicted molar refractivity (Wildman–Crippen MR) is 89.1 cm³/mol. The van der Waals surface area contributed by atoms with Crippen LogP contribution in [0.25, 0.3) is 0 Å². The van der Waals surface area contributed by atoms with Crippen LogP contribution in [0.3, 0.4) is 0 Å². The van der Waals surface area contributed by atoms with Crippen LogP contribution in [0.5, 0.6) is 0 Å². The molecular weight excluding hydrogens is 569 g/mol. The minimum atomic E-state index is -7.10. The molecule has 0 aromatic carbocycles. The van der Waals surface area contributed by atoms with Gasteiger partial charge in [0.2, 0.25) is 0 Å². The number of hydrogen-bond acceptors (Lipinski definition) is 0. The highest BCUT2D eigenvalue weighted by Crippen LogP contribution is 2.65. The molecule has 3 aliphatic rings. The van der Waals surface area contributed by atoms with E-state index in [0.29, 0.717) is 0 Å². The third kappa shape index (κ3) is 3.10. The summed E-state index contributed by atoms with van der Waals surface area (Å²) >= 11 is 0. The van der Waals surface area contributed by atoms with Crippen molar-refractivity contribution in [1.82, 2.24) is 0 Å². The first-order chi connectivity index (χ1) is 16.2. The summed E-state index contributed by atoms with van der Waals surface area (Å²) in [5.41, 5.74) is -19.4. The van der Waals surface area contributed by atoms with Crippen molar-refractivity contribution in [2.75, 3.05) is 0 Å². The van der Waals surface area contributed by atoms with Gasteiger partial charge in [-0.1, -0.05) is 18.2 Å². The Kier molecular flexibility index (Phi) is 6.05. The van der Waals surface area contributed by atoms with Gasteiger partial charge in [0.25, 0.3) is 0 Å². The fourth-order valence-electron chi connectivity index (χ4n) is 4.39. The first-order valence-electron chi connectivity index (χ1n) is 9.59. The van der Waals surface area contributed by atoms with Crippen LogP contribution in [0, 0.1) is 0 Å².